The van der Waals surface area contributed by atoms with E-state index in [-0.39, 0.29) is 17.4 Å². The zero-order chi connectivity index (χ0) is 10.6. The van der Waals surface area contributed by atoms with Crippen molar-refractivity contribution in [3.63, 3.8) is 0 Å². The molecule has 78 valence electrons. The molecule has 0 bridgehead atoms. The molecule has 0 aromatic heterocycles. The van der Waals surface area contributed by atoms with Gasteiger partial charge in [0.2, 0.25) is 0 Å². The summed E-state index contributed by atoms with van der Waals surface area (Å²) in [6.07, 6.45) is 0. The van der Waals surface area contributed by atoms with Crippen molar-refractivity contribution in [1.29, 1.82) is 0 Å². The number of halogens is 2. The molecule has 0 heterocycles. The van der Waals surface area contributed by atoms with E-state index in [0.717, 1.165) is 0 Å². The van der Waals surface area contributed by atoms with E-state index in [0.29, 0.717) is 5.02 Å². The first-order valence-electron chi connectivity index (χ1n) is 3.77. The topological polar surface area (TPSA) is 43.4 Å². The molecule has 0 aliphatic carbocycles. The van der Waals surface area contributed by atoms with E-state index in [1.54, 1.807) is 12.1 Å². The lowest BCUT2D eigenvalue weighted by Gasteiger charge is -2.04. The van der Waals surface area contributed by atoms with Gasteiger partial charge in [-0.1, -0.05) is 11.6 Å². The highest BCUT2D eigenvalue weighted by Gasteiger charge is 2.11. The lowest BCUT2D eigenvalue weighted by molar-refractivity contribution is 0.488. The number of hydrogen-bond donors (Lipinski definition) is 0. The van der Waals surface area contributed by atoms with Gasteiger partial charge in [-0.15, -0.1) is 11.6 Å². The molecule has 0 radical (unpaired) electrons. The molecule has 0 saturated heterocycles. The van der Waals surface area contributed by atoms with E-state index >= 15 is 0 Å². The zero-order valence-corrected chi connectivity index (χ0v) is 9.44. The Morgan fingerprint density at radius 3 is 2.29 bits per heavy atom. The Bertz CT molecular complexity index is 386. The fourth-order valence-corrected chi connectivity index (χ4v) is 2.14. The van der Waals surface area contributed by atoms with E-state index < -0.39 is 10.1 Å². The summed E-state index contributed by atoms with van der Waals surface area (Å²) in [6.45, 7) is 0. The van der Waals surface area contributed by atoms with Crippen molar-refractivity contribution in [1.82, 2.24) is 0 Å². The SMILES string of the molecule is O=S(=O)(CCCl)Oc1ccc(Cl)cc1. The molecule has 0 unspecified atom stereocenters. The summed E-state index contributed by atoms with van der Waals surface area (Å²) in [6, 6.07) is 6.06. The Morgan fingerprint density at radius 1 is 1.21 bits per heavy atom. The maximum Gasteiger partial charge on any atom is 0.310 e. The molecule has 1 aromatic carbocycles. The summed E-state index contributed by atoms with van der Waals surface area (Å²) in [5, 5.41) is 0.520. The molecule has 6 heteroatoms. The first kappa shape index (κ1) is 11.6. The highest BCUT2D eigenvalue weighted by molar-refractivity contribution is 7.87. The summed E-state index contributed by atoms with van der Waals surface area (Å²) in [5.41, 5.74) is 0. The third-order valence-electron chi connectivity index (χ3n) is 1.36. The highest BCUT2D eigenvalue weighted by Crippen LogP contribution is 2.17. The van der Waals surface area contributed by atoms with Crippen molar-refractivity contribution in [3.8, 4) is 5.75 Å². The van der Waals surface area contributed by atoms with Crippen LogP contribution in [0.5, 0.6) is 5.75 Å². The van der Waals surface area contributed by atoms with E-state index in [4.69, 9.17) is 27.4 Å². The van der Waals surface area contributed by atoms with Crippen LogP contribution >= 0.6 is 23.2 Å². The van der Waals surface area contributed by atoms with E-state index in [1.807, 2.05) is 0 Å². The predicted octanol–water partition coefficient (Wildman–Crippen LogP) is 2.29. The van der Waals surface area contributed by atoms with Crippen molar-refractivity contribution in [2.75, 3.05) is 11.6 Å². The molecular formula is C8H8Cl2O3S. The molecule has 0 N–H and O–H groups in total. The molecule has 0 fully saturated rings. The van der Waals surface area contributed by atoms with Crippen LogP contribution in [0.25, 0.3) is 0 Å². The maximum atomic E-state index is 11.1. The minimum atomic E-state index is -3.57. The highest BCUT2D eigenvalue weighted by atomic mass is 35.5. The first-order chi connectivity index (χ1) is 6.53. The lowest BCUT2D eigenvalue weighted by Crippen LogP contribution is -2.14. The van der Waals surface area contributed by atoms with Crippen molar-refractivity contribution in [2.45, 2.75) is 0 Å². The molecule has 14 heavy (non-hydrogen) atoms. The summed E-state index contributed by atoms with van der Waals surface area (Å²) in [5.74, 6) is 0.0344. The fourth-order valence-electron chi connectivity index (χ4n) is 0.773. The van der Waals surface area contributed by atoms with Crippen LogP contribution in [0.4, 0.5) is 0 Å². The molecule has 0 atom stereocenters. The van der Waals surface area contributed by atoms with Gasteiger partial charge in [0, 0.05) is 10.9 Å². The van der Waals surface area contributed by atoms with Crippen molar-refractivity contribution in [3.05, 3.63) is 29.3 Å². The van der Waals surface area contributed by atoms with Crippen molar-refractivity contribution < 1.29 is 12.6 Å². The van der Waals surface area contributed by atoms with Crippen LogP contribution < -0.4 is 4.18 Å². The summed E-state index contributed by atoms with van der Waals surface area (Å²) < 4.78 is 27.0. The van der Waals surface area contributed by atoms with Crippen LogP contribution in [-0.4, -0.2) is 20.1 Å². The van der Waals surface area contributed by atoms with E-state index in [1.165, 1.54) is 12.1 Å². The molecule has 0 aliphatic rings. The van der Waals surface area contributed by atoms with Crippen molar-refractivity contribution in [2.24, 2.45) is 0 Å². The Morgan fingerprint density at radius 2 is 1.79 bits per heavy atom. The van der Waals surface area contributed by atoms with Crippen LogP contribution in [-0.2, 0) is 10.1 Å². The van der Waals surface area contributed by atoms with E-state index in [2.05, 4.69) is 0 Å². The summed E-state index contributed by atoms with van der Waals surface area (Å²) in [7, 11) is -3.57. The maximum absolute atomic E-state index is 11.1. The van der Waals surface area contributed by atoms with Gasteiger partial charge < -0.3 is 4.18 Å². The van der Waals surface area contributed by atoms with Gasteiger partial charge in [-0.2, -0.15) is 8.42 Å². The molecule has 0 saturated carbocycles. The van der Waals surface area contributed by atoms with Gasteiger partial charge in [0.1, 0.15) is 5.75 Å². The molecule has 1 rings (SSSR count). The number of alkyl halides is 1. The average molecular weight is 255 g/mol. The van der Waals surface area contributed by atoms with Gasteiger partial charge in [0.25, 0.3) is 0 Å². The van der Waals surface area contributed by atoms with Gasteiger partial charge in [0.15, 0.2) is 0 Å². The second-order valence-electron chi connectivity index (χ2n) is 2.49. The zero-order valence-electron chi connectivity index (χ0n) is 7.11. The smallest absolute Gasteiger partial charge is 0.310 e. The average Bonchev–Trinajstić information content (AvgIpc) is 2.08. The van der Waals surface area contributed by atoms with E-state index in [9.17, 15) is 8.42 Å². The fraction of sp³-hybridized carbons (Fsp3) is 0.250. The summed E-state index contributed by atoms with van der Waals surface area (Å²) >= 11 is 10.9. The largest absolute Gasteiger partial charge is 0.382 e. The van der Waals surface area contributed by atoms with Crippen LogP contribution in [0.15, 0.2) is 24.3 Å². The molecule has 0 amide bonds. The summed E-state index contributed by atoms with van der Waals surface area (Å²) in [4.78, 5) is 0. The monoisotopic (exact) mass is 254 g/mol. The second kappa shape index (κ2) is 4.87. The Balaban J connectivity index is 2.74. The third-order valence-corrected chi connectivity index (χ3v) is 3.18. The number of hydrogen-bond acceptors (Lipinski definition) is 3. The minimum absolute atomic E-state index is 0.00984. The Kier molecular flexibility index (Phi) is 4.04. The molecule has 0 aliphatic heterocycles. The van der Waals surface area contributed by atoms with Crippen molar-refractivity contribution >= 4 is 33.3 Å². The van der Waals surface area contributed by atoms with Crippen LogP contribution in [0.3, 0.4) is 0 Å². The molecule has 1 aromatic rings. The number of benzene rings is 1. The second-order valence-corrected chi connectivity index (χ2v) is 4.99. The quantitative estimate of drug-likeness (QED) is 0.612. The standard InChI is InChI=1S/C8H8Cl2O3S/c9-5-6-14(11,12)13-8-3-1-7(10)2-4-8/h1-4H,5-6H2. The Hall–Kier alpha value is -0.450. The van der Waals surface area contributed by atoms with Gasteiger partial charge in [-0.25, -0.2) is 0 Å². The van der Waals surface area contributed by atoms with Crippen LogP contribution in [0, 0.1) is 0 Å². The lowest BCUT2D eigenvalue weighted by atomic mass is 10.3. The number of rotatable bonds is 4. The minimum Gasteiger partial charge on any atom is -0.382 e. The van der Waals surface area contributed by atoms with Crippen LogP contribution in [0.1, 0.15) is 0 Å². The first-order valence-corrected chi connectivity index (χ1v) is 6.26. The molecule has 3 nitrogen and oxygen atoms in total. The van der Waals surface area contributed by atoms with Crippen LogP contribution in [0.2, 0.25) is 5.02 Å². The van der Waals surface area contributed by atoms with Gasteiger partial charge in [-0.05, 0) is 24.3 Å². The van der Waals surface area contributed by atoms with Gasteiger partial charge in [-0.3, -0.25) is 0 Å². The normalized spacial score (nSPS) is 11.3. The third kappa shape index (κ3) is 3.74. The van der Waals surface area contributed by atoms with Gasteiger partial charge >= 0.3 is 10.1 Å². The molecule has 0 spiro atoms. The Labute approximate surface area is 92.7 Å². The van der Waals surface area contributed by atoms with Gasteiger partial charge in [0.05, 0.1) is 5.75 Å². The predicted molar refractivity (Wildman–Crippen MR) is 56.6 cm³/mol. The molecular weight excluding hydrogens is 247 g/mol.